The maximum Gasteiger partial charge on any atom is 0.171 e. The van der Waals surface area contributed by atoms with Crippen LogP contribution < -0.4 is 15.4 Å². The number of rotatable bonds is 7. The molecule has 5 rings (SSSR count). The van der Waals surface area contributed by atoms with Crippen molar-refractivity contribution >= 4 is 23.0 Å². The molecule has 2 N–H and O–H groups in total. The highest BCUT2D eigenvalue weighted by Crippen LogP contribution is 2.61. The SMILES string of the molecule is CCCC(NC(=S)Nc1ccc(OCC)cc1)C12CC3CC(CC(C3)C1)C2. The first kappa shape index (κ1) is 19.0. The molecule has 0 spiro atoms. The zero-order valence-electron chi connectivity index (χ0n) is 16.8. The number of anilines is 1. The summed E-state index contributed by atoms with van der Waals surface area (Å²) in [5, 5.41) is 7.92. The smallest absolute Gasteiger partial charge is 0.171 e. The van der Waals surface area contributed by atoms with Crippen molar-refractivity contribution in [2.45, 2.75) is 71.3 Å². The number of thiocarbonyl (C=S) groups is 1. The topological polar surface area (TPSA) is 33.3 Å². The van der Waals surface area contributed by atoms with E-state index >= 15 is 0 Å². The molecule has 4 aliphatic carbocycles. The maximum absolute atomic E-state index is 5.71. The van der Waals surface area contributed by atoms with E-state index in [0.29, 0.717) is 18.1 Å². The summed E-state index contributed by atoms with van der Waals surface area (Å²) >= 11 is 5.71. The largest absolute Gasteiger partial charge is 0.494 e. The minimum Gasteiger partial charge on any atom is -0.494 e. The lowest BCUT2D eigenvalue weighted by molar-refractivity contribution is -0.0718. The molecule has 0 saturated heterocycles. The van der Waals surface area contributed by atoms with Crippen molar-refractivity contribution < 1.29 is 4.74 Å². The van der Waals surface area contributed by atoms with Crippen molar-refractivity contribution in [3.05, 3.63) is 24.3 Å². The highest BCUT2D eigenvalue weighted by atomic mass is 32.1. The molecule has 27 heavy (non-hydrogen) atoms. The Morgan fingerprint density at radius 2 is 1.67 bits per heavy atom. The molecule has 1 aromatic carbocycles. The lowest BCUT2D eigenvalue weighted by Crippen LogP contribution is -2.57. The Morgan fingerprint density at radius 1 is 1.07 bits per heavy atom. The summed E-state index contributed by atoms with van der Waals surface area (Å²) in [6, 6.07) is 8.59. The molecule has 1 aromatic rings. The number of nitrogens with one attached hydrogen (secondary N) is 2. The predicted octanol–water partition coefficient (Wildman–Crippen LogP) is 5.76. The van der Waals surface area contributed by atoms with Gasteiger partial charge in [0.15, 0.2) is 5.11 Å². The summed E-state index contributed by atoms with van der Waals surface area (Å²) in [6.45, 7) is 5.00. The standard InChI is InChI=1S/C23H34N2OS/c1-3-5-21(23-13-16-10-17(14-23)12-18(11-16)15-23)25-22(27)24-19-6-8-20(9-7-19)26-4-2/h6-9,16-18,21H,3-5,10-15H2,1-2H3,(H2,24,25,27). The molecular formula is C23H34N2OS. The molecule has 148 valence electrons. The Hall–Kier alpha value is -1.29. The first-order valence-corrected chi connectivity index (χ1v) is 11.3. The van der Waals surface area contributed by atoms with E-state index in [4.69, 9.17) is 17.0 Å². The van der Waals surface area contributed by atoms with E-state index in [1.54, 1.807) is 0 Å². The molecule has 0 aliphatic heterocycles. The zero-order valence-corrected chi connectivity index (χ0v) is 17.6. The Balaban J connectivity index is 1.41. The molecule has 1 atom stereocenters. The number of hydrogen-bond donors (Lipinski definition) is 2. The van der Waals surface area contributed by atoms with Crippen LogP contribution in [0.1, 0.15) is 65.2 Å². The molecule has 0 radical (unpaired) electrons. The summed E-state index contributed by atoms with van der Waals surface area (Å²) in [5.41, 5.74) is 1.51. The fourth-order valence-electron chi connectivity index (χ4n) is 6.55. The van der Waals surface area contributed by atoms with Crippen LogP contribution in [0.15, 0.2) is 24.3 Å². The summed E-state index contributed by atoms with van der Waals surface area (Å²) in [4.78, 5) is 0. The van der Waals surface area contributed by atoms with Gasteiger partial charge in [0.25, 0.3) is 0 Å². The van der Waals surface area contributed by atoms with E-state index in [1.807, 2.05) is 31.2 Å². The minimum atomic E-state index is 0.481. The van der Waals surface area contributed by atoms with E-state index < -0.39 is 0 Å². The van der Waals surface area contributed by atoms with Crippen molar-refractivity contribution in [2.24, 2.45) is 23.2 Å². The molecule has 4 aliphatic rings. The van der Waals surface area contributed by atoms with Crippen molar-refractivity contribution in [3.8, 4) is 5.75 Å². The minimum absolute atomic E-state index is 0.481. The molecule has 0 amide bonds. The van der Waals surface area contributed by atoms with Crippen molar-refractivity contribution in [1.29, 1.82) is 0 Å². The normalized spacial score (nSPS) is 32.1. The molecule has 4 bridgehead atoms. The average molecular weight is 387 g/mol. The van der Waals surface area contributed by atoms with Crippen LogP contribution in [-0.2, 0) is 0 Å². The molecular weight excluding hydrogens is 352 g/mol. The molecule has 3 nitrogen and oxygen atoms in total. The van der Waals surface area contributed by atoms with Gasteiger partial charge in [0.2, 0.25) is 0 Å². The molecule has 4 fully saturated rings. The second-order valence-corrected chi connectivity index (χ2v) is 9.59. The van der Waals surface area contributed by atoms with Gasteiger partial charge in [-0.2, -0.15) is 0 Å². The Labute approximate surface area is 169 Å². The predicted molar refractivity (Wildman–Crippen MR) is 116 cm³/mol. The first-order chi connectivity index (χ1) is 13.1. The summed E-state index contributed by atoms with van der Waals surface area (Å²) < 4.78 is 5.52. The zero-order chi connectivity index (χ0) is 18.9. The van der Waals surface area contributed by atoms with Crippen LogP contribution in [0, 0.1) is 23.2 Å². The van der Waals surface area contributed by atoms with Gasteiger partial charge >= 0.3 is 0 Å². The summed E-state index contributed by atoms with van der Waals surface area (Å²) in [7, 11) is 0. The quantitative estimate of drug-likeness (QED) is 0.584. The summed E-state index contributed by atoms with van der Waals surface area (Å²) in [5.74, 6) is 3.83. The van der Waals surface area contributed by atoms with Gasteiger partial charge < -0.3 is 15.4 Å². The third-order valence-electron chi connectivity index (χ3n) is 7.13. The number of hydrogen-bond acceptors (Lipinski definition) is 2. The molecule has 0 heterocycles. The van der Waals surface area contributed by atoms with Gasteiger partial charge in [-0.3, -0.25) is 0 Å². The fraction of sp³-hybridized carbons (Fsp3) is 0.696. The monoisotopic (exact) mass is 386 g/mol. The van der Waals surface area contributed by atoms with Crippen molar-refractivity contribution in [3.63, 3.8) is 0 Å². The number of benzene rings is 1. The van der Waals surface area contributed by atoms with Gasteiger partial charge in [-0.1, -0.05) is 13.3 Å². The van der Waals surface area contributed by atoms with Crippen molar-refractivity contribution in [2.75, 3.05) is 11.9 Å². The lowest BCUT2D eigenvalue weighted by atomic mass is 9.47. The van der Waals surface area contributed by atoms with Gasteiger partial charge in [-0.15, -0.1) is 0 Å². The van der Waals surface area contributed by atoms with Gasteiger partial charge in [0.05, 0.1) is 6.61 Å². The third kappa shape index (κ3) is 4.11. The molecule has 1 unspecified atom stereocenters. The molecule has 4 heteroatoms. The summed E-state index contributed by atoms with van der Waals surface area (Å²) in [6.07, 6.45) is 11.2. The molecule has 4 saturated carbocycles. The highest BCUT2D eigenvalue weighted by molar-refractivity contribution is 7.80. The average Bonchev–Trinajstić information content (AvgIpc) is 2.62. The van der Waals surface area contributed by atoms with Gasteiger partial charge in [-0.05, 0) is 112 Å². The van der Waals surface area contributed by atoms with Crippen molar-refractivity contribution in [1.82, 2.24) is 5.32 Å². The highest BCUT2D eigenvalue weighted by Gasteiger charge is 2.54. The van der Waals surface area contributed by atoms with E-state index in [-0.39, 0.29) is 0 Å². The van der Waals surface area contributed by atoms with Crippen LogP contribution in [0.2, 0.25) is 0 Å². The fourth-order valence-corrected chi connectivity index (χ4v) is 6.81. The van der Waals surface area contributed by atoms with Crippen LogP contribution >= 0.6 is 12.2 Å². The maximum atomic E-state index is 5.71. The Morgan fingerprint density at radius 3 is 2.19 bits per heavy atom. The van der Waals surface area contributed by atoms with E-state index in [9.17, 15) is 0 Å². The van der Waals surface area contributed by atoms with Crippen LogP contribution in [0.4, 0.5) is 5.69 Å². The van der Waals surface area contributed by atoms with E-state index in [1.165, 1.54) is 51.4 Å². The Kier molecular flexibility index (Phi) is 5.63. The third-order valence-corrected chi connectivity index (χ3v) is 7.35. The van der Waals surface area contributed by atoms with Crippen LogP contribution in [-0.4, -0.2) is 17.8 Å². The second kappa shape index (κ2) is 7.98. The van der Waals surface area contributed by atoms with Gasteiger partial charge in [0.1, 0.15) is 5.75 Å². The van der Waals surface area contributed by atoms with Gasteiger partial charge in [0, 0.05) is 11.7 Å². The lowest BCUT2D eigenvalue weighted by Gasteiger charge is -2.59. The second-order valence-electron chi connectivity index (χ2n) is 9.18. The van der Waals surface area contributed by atoms with E-state index in [0.717, 1.165) is 34.3 Å². The Bertz CT molecular complexity index is 622. The van der Waals surface area contributed by atoms with Gasteiger partial charge in [-0.25, -0.2) is 0 Å². The first-order valence-electron chi connectivity index (χ1n) is 10.9. The van der Waals surface area contributed by atoms with Crippen LogP contribution in [0.5, 0.6) is 5.75 Å². The van der Waals surface area contributed by atoms with Crippen LogP contribution in [0.3, 0.4) is 0 Å². The van der Waals surface area contributed by atoms with E-state index in [2.05, 4.69) is 17.6 Å². The van der Waals surface area contributed by atoms with Crippen LogP contribution in [0.25, 0.3) is 0 Å². The number of ether oxygens (including phenoxy) is 1. The molecule has 0 aromatic heterocycles.